The maximum absolute atomic E-state index is 12.9. The van der Waals surface area contributed by atoms with Crippen LogP contribution in [0.2, 0.25) is 0 Å². The Morgan fingerprint density at radius 3 is 2.67 bits per heavy atom. The summed E-state index contributed by atoms with van der Waals surface area (Å²) in [6.07, 6.45) is 4.38. The molecule has 0 aliphatic rings. The number of amides is 1. The number of benzene rings is 1. The summed E-state index contributed by atoms with van der Waals surface area (Å²) in [6.45, 7) is 0.533. The molecule has 2 aromatic rings. The van der Waals surface area contributed by atoms with Gasteiger partial charge in [-0.3, -0.25) is 9.89 Å². The van der Waals surface area contributed by atoms with E-state index in [0.29, 0.717) is 19.4 Å². The molecule has 0 radical (unpaired) electrons. The summed E-state index contributed by atoms with van der Waals surface area (Å²) in [5.41, 5.74) is 1.80. The van der Waals surface area contributed by atoms with Crippen molar-refractivity contribution in [3.63, 3.8) is 0 Å². The highest BCUT2D eigenvalue weighted by Crippen LogP contribution is 2.09. The molecule has 0 aliphatic heterocycles. The third-order valence-corrected chi connectivity index (χ3v) is 3.19. The zero-order valence-electron chi connectivity index (χ0n) is 11.6. The fraction of sp³-hybridized carbons (Fsp3) is 0.333. The third-order valence-electron chi connectivity index (χ3n) is 3.19. The number of hydrogen-bond donors (Lipinski definition) is 2. The number of aliphatic hydroxyl groups excluding tert-OH is 1. The zero-order valence-corrected chi connectivity index (χ0v) is 11.6. The van der Waals surface area contributed by atoms with Gasteiger partial charge >= 0.3 is 0 Å². The van der Waals surface area contributed by atoms with Gasteiger partial charge in [-0.05, 0) is 29.7 Å². The van der Waals surface area contributed by atoms with Crippen LogP contribution in [0.25, 0.3) is 0 Å². The highest BCUT2D eigenvalue weighted by Gasteiger charge is 2.13. The molecule has 1 aromatic heterocycles. The van der Waals surface area contributed by atoms with Crippen molar-refractivity contribution >= 4 is 5.91 Å². The highest BCUT2D eigenvalue weighted by atomic mass is 19.1. The molecule has 0 spiro atoms. The molecule has 1 amide bonds. The van der Waals surface area contributed by atoms with E-state index in [1.807, 2.05) is 0 Å². The lowest BCUT2D eigenvalue weighted by Crippen LogP contribution is -2.33. The minimum atomic E-state index is -0.307. The molecule has 0 atom stereocenters. The van der Waals surface area contributed by atoms with E-state index in [2.05, 4.69) is 10.2 Å². The normalized spacial score (nSPS) is 10.6. The van der Waals surface area contributed by atoms with Gasteiger partial charge in [0.25, 0.3) is 0 Å². The number of hydrogen-bond acceptors (Lipinski definition) is 3. The van der Waals surface area contributed by atoms with Crippen LogP contribution < -0.4 is 0 Å². The van der Waals surface area contributed by atoms with Crippen LogP contribution in [-0.2, 0) is 17.8 Å². The summed E-state index contributed by atoms with van der Waals surface area (Å²) in [6, 6.07) is 6.01. The molecule has 1 heterocycles. The number of rotatable bonds is 7. The van der Waals surface area contributed by atoms with Crippen LogP contribution in [0.5, 0.6) is 0 Å². The van der Waals surface area contributed by atoms with Gasteiger partial charge in [0.2, 0.25) is 5.91 Å². The van der Waals surface area contributed by atoms with Crippen LogP contribution in [0.15, 0.2) is 36.7 Å². The Balaban J connectivity index is 1.93. The summed E-state index contributed by atoms with van der Waals surface area (Å²) in [5.74, 6) is -0.353. The average molecular weight is 291 g/mol. The molecule has 1 aromatic carbocycles. The largest absolute Gasteiger partial charge is 0.395 e. The van der Waals surface area contributed by atoms with E-state index in [1.165, 1.54) is 12.1 Å². The van der Waals surface area contributed by atoms with Gasteiger partial charge in [0, 0.05) is 25.7 Å². The van der Waals surface area contributed by atoms with E-state index in [4.69, 9.17) is 5.11 Å². The summed E-state index contributed by atoms with van der Waals surface area (Å²) in [4.78, 5) is 13.8. The maximum atomic E-state index is 12.9. The molecular weight excluding hydrogens is 273 g/mol. The molecule has 0 unspecified atom stereocenters. The SMILES string of the molecule is O=C(CCc1cn[nH]c1)N(CCO)Cc1ccc(F)cc1. The number of nitrogens with zero attached hydrogens (tertiary/aromatic N) is 2. The van der Waals surface area contributed by atoms with Gasteiger partial charge in [-0.15, -0.1) is 0 Å². The second-order valence-corrected chi connectivity index (χ2v) is 4.77. The summed E-state index contributed by atoms with van der Waals surface area (Å²) in [7, 11) is 0. The van der Waals surface area contributed by atoms with Crippen LogP contribution in [0, 0.1) is 5.82 Å². The van der Waals surface area contributed by atoms with Crippen molar-refractivity contribution in [2.24, 2.45) is 0 Å². The molecule has 21 heavy (non-hydrogen) atoms. The topological polar surface area (TPSA) is 69.2 Å². The van der Waals surface area contributed by atoms with Crippen molar-refractivity contribution in [3.8, 4) is 0 Å². The van der Waals surface area contributed by atoms with Gasteiger partial charge < -0.3 is 10.0 Å². The molecule has 0 saturated carbocycles. The minimum absolute atomic E-state index is 0.0467. The van der Waals surface area contributed by atoms with Gasteiger partial charge in [-0.1, -0.05) is 12.1 Å². The number of aryl methyl sites for hydroxylation is 1. The monoisotopic (exact) mass is 291 g/mol. The average Bonchev–Trinajstić information content (AvgIpc) is 3.00. The Bertz CT molecular complexity index is 555. The Labute approximate surface area is 122 Å². The van der Waals surface area contributed by atoms with E-state index in [1.54, 1.807) is 29.4 Å². The fourth-order valence-corrected chi connectivity index (χ4v) is 2.05. The van der Waals surface area contributed by atoms with Crippen molar-refractivity contribution in [2.45, 2.75) is 19.4 Å². The Hall–Kier alpha value is -2.21. The standard InChI is InChI=1S/C15H18FN3O2/c16-14-4-1-12(2-5-14)11-19(7-8-20)15(21)6-3-13-9-17-18-10-13/h1-2,4-5,9-10,20H,3,6-8,11H2,(H,17,18). The van der Waals surface area contributed by atoms with E-state index >= 15 is 0 Å². The lowest BCUT2D eigenvalue weighted by atomic mass is 10.1. The van der Waals surface area contributed by atoms with Crippen molar-refractivity contribution < 1.29 is 14.3 Å². The summed E-state index contributed by atoms with van der Waals surface area (Å²) in [5, 5.41) is 15.6. The molecule has 0 fully saturated rings. The number of halogens is 1. The molecule has 0 bridgehead atoms. The molecule has 0 saturated heterocycles. The zero-order chi connectivity index (χ0) is 15.1. The van der Waals surface area contributed by atoms with Crippen molar-refractivity contribution in [3.05, 3.63) is 53.6 Å². The highest BCUT2D eigenvalue weighted by molar-refractivity contribution is 5.76. The number of aromatic nitrogens is 2. The van der Waals surface area contributed by atoms with Crippen LogP contribution in [0.3, 0.4) is 0 Å². The molecule has 112 valence electrons. The molecule has 2 rings (SSSR count). The third kappa shape index (κ3) is 4.68. The van der Waals surface area contributed by atoms with E-state index < -0.39 is 0 Å². The number of aliphatic hydroxyl groups is 1. The number of aromatic amines is 1. The van der Waals surface area contributed by atoms with Gasteiger partial charge in [0.05, 0.1) is 12.8 Å². The van der Waals surface area contributed by atoms with Crippen LogP contribution in [0.4, 0.5) is 4.39 Å². The first-order valence-electron chi connectivity index (χ1n) is 6.80. The van der Waals surface area contributed by atoms with Gasteiger partial charge in [-0.25, -0.2) is 4.39 Å². The first-order valence-corrected chi connectivity index (χ1v) is 6.80. The van der Waals surface area contributed by atoms with Crippen molar-refractivity contribution in [1.29, 1.82) is 0 Å². The maximum Gasteiger partial charge on any atom is 0.223 e. The summed E-state index contributed by atoms with van der Waals surface area (Å²) < 4.78 is 12.9. The van der Waals surface area contributed by atoms with Crippen LogP contribution >= 0.6 is 0 Å². The van der Waals surface area contributed by atoms with E-state index in [9.17, 15) is 9.18 Å². The smallest absolute Gasteiger partial charge is 0.223 e. The molecule has 5 nitrogen and oxygen atoms in total. The minimum Gasteiger partial charge on any atom is -0.395 e. The Kier molecular flexibility index (Phi) is 5.45. The summed E-state index contributed by atoms with van der Waals surface area (Å²) >= 11 is 0. The number of nitrogens with one attached hydrogen (secondary N) is 1. The van der Waals surface area contributed by atoms with Crippen LogP contribution in [0.1, 0.15) is 17.5 Å². The van der Waals surface area contributed by atoms with Gasteiger partial charge in [0.1, 0.15) is 5.82 Å². The van der Waals surface area contributed by atoms with Crippen LogP contribution in [-0.4, -0.2) is 39.3 Å². The first kappa shape index (κ1) is 15.2. The Morgan fingerprint density at radius 1 is 1.29 bits per heavy atom. The number of H-pyrrole nitrogens is 1. The molecular formula is C15H18FN3O2. The Morgan fingerprint density at radius 2 is 2.05 bits per heavy atom. The van der Waals surface area contributed by atoms with Gasteiger partial charge in [0.15, 0.2) is 0 Å². The first-order chi connectivity index (χ1) is 10.2. The predicted octanol–water partition coefficient (Wildman–Crippen LogP) is 1.50. The quantitative estimate of drug-likeness (QED) is 0.812. The lowest BCUT2D eigenvalue weighted by Gasteiger charge is -2.22. The molecule has 0 aliphatic carbocycles. The second kappa shape index (κ2) is 7.54. The van der Waals surface area contributed by atoms with E-state index in [-0.39, 0.29) is 24.9 Å². The molecule has 6 heteroatoms. The fourth-order valence-electron chi connectivity index (χ4n) is 2.05. The second-order valence-electron chi connectivity index (χ2n) is 4.77. The van der Waals surface area contributed by atoms with Crippen molar-refractivity contribution in [1.82, 2.24) is 15.1 Å². The van der Waals surface area contributed by atoms with Crippen molar-refractivity contribution in [2.75, 3.05) is 13.2 Å². The lowest BCUT2D eigenvalue weighted by molar-refractivity contribution is -0.132. The van der Waals surface area contributed by atoms with E-state index in [0.717, 1.165) is 11.1 Å². The van der Waals surface area contributed by atoms with Gasteiger partial charge in [-0.2, -0.15) is 5.10 Å². The number of carbonyl (C=O) groups excluding carboxylic acids is 1. The molecule has 2 N–H and O–H groups in total. The predicted molar refractivity (Wildman–Crippen MR) is 75.8 cm³/mol. The number of carbonyl (C=O) groups is 1.